The summed E-state index contributed by atoms with van der Waals surface area (Å²) in [4.78, 5) is 17.2. The maximum Gasteiger partial charge on any atom is 0.233 e. The summed E-state index contributed by atoms with van der Waals surface area (Å²) < 4.78 is 5.60. The molecule has 0 unspecified atom stereocenters. The molecule has 2 aliphatic heterocycles. The van der Waals surface area contributed by atoms with Crippen molar-refractivity contribution in [2.75, 3.05) is 32.1 Å². The van der Waals surface area contributed by atoms with Crippen LogP contribution in [0.3, 0.4) is 0 Å². The molecule has 26 heavy (non-hydrogen) atoms. The number of rotatable bonds is 3. The van der Waals surface area contributed by atoms with E-state index in [1.165, 1.54) is 4.88 Å². The van der Waals surface area contributed by atoms with E-state index in [0.29, 0.717) is 24.4 Å². The number of carbonyl (C=O) groups excluding carboxylic acids is 1. The largest absolute Gasteiger partial charge is 0.381 e. The third-order valence-corrected chi connectivity index (χ3v) is 8.02. The van der Waals surface area contributed by atoms with Crippen LogP contribution in [0.4, 0.5) is 0 Å². The molecule has 4 rings (SSSR count). The molecule has 0 bridgehead atoms. The van der Waals surface area contributed by atoms with Crippen LogP contribution in [0.25, 0.3) is 0 Å². The Balaban J connectivity index is 1.54. The summed E-state index contributed by atoms with van der Waals surface area (Å²) in [7, 11) is 0. The lowest BCUT2D eigenvalue weighted by Crippen LogP contribution is -2.50. The SMILES string of the molecule is O=C(N1CCS[C@@H](c2cccs2)CC1)C1(c2ccccc2)CCOCC1. The van der Waals surface area contributed by atoms with Gasteiger partial charge in [-0.15, -0.1) is 11.3 Å². The maximum atomic E-state index is 13.7. The predicted molar refractivity (Wildman–Crippen MR) is 109 cm³/mol. The predicted octanol–water partition coefficient (Wildman–Crippen LogP) is 4.50. The highest BCUT2D eigenvalue weighted by Gasteiger charge is 2.44. The molecule has 0 aliphatic carbocycles. The molecular formula is C21H25NO2S2. The van der Waals surface area contributed by atoms with Crippen LogP contribution in [0.1, 0.15) is 35.0 Å². The summed E-state index contributed by atoms with van der Waals surface area (Å²) in [6.07, 6.45) is 2.61. The topological polar surface area (TPSA) is 29.5 Å². The van der Waals surface area contributed by atoms with E-state index < -0.39 is 5.41 Å². The van der Waals surface area contributed by atoms with Gasteiger partial charge in [-0.2, -0.15) is 11.8 Å². The molecule has 2 aromatic rings. The Morgan fingerprint density at radius 2 is 1.88 bits per heavy atom. The molecule has 2 saturated heterocycles. The molecular weight excluding hydrogens is 362 g/mol. The van der Waals surface area contributed by atoms with Crippen LogP contribution >= 0.6 is 23.1 Å². The summed E-state index contributed by atoms with van der Waals surface area (Å²) in [5, 5.41) is 2.67. The first-order chi connectivity index (χ1) is 12.8. The number of thioether (sulfide) groups is 1. The number of hydrogen-bond acceptors (Lipinski definition) is 4. The first-order valence-electron chi connectivity index (χ1n) is 9.37. The third-order valence-electron chi connectivity index (χ3n) is 5.57. The van der Waals surface area contributed by atoms with Crippen molar-refractivity contribution in [3.05, 3.63) is 58.3 Å². The molecule has 2 aliphatic rings. The van der Waals surface area contributed by atoms with Gasteiger partial charge >= 0.3 is 0 Å². The highest BCUT2D eigenvalue weighted by Crippen LogP contribution is 2.40. The fourth-order valence-electron chi connectivity index (χ4n) is 4.08. The fourth-order valence-corrected chi connectivity index (χ4v) is 6.32. The summed E-state index contributed by atoms with van der Waals surface area (Å²) in [5.74, 6) is 1.31. The van der Waals surface area contributed by atoms with Crippen molar-refractivity contribution in [3.8, 4) is 0 Å². The number of ether oxygens (including phenoxy) is 1. The van der Waals surface area contributed by atoms with Crippen molar-refractivity contribution in [2.45, 2.75) is 29.9 Å². The minimum absolute atomic E-state index is 0.305. The van der Waals surface area contributed by atoms with Crippen LogP contribution < -0.4 is 0 Å². The van der Waals surface area contributed by atoms with Crippen molar-refractivity contribution < 1.29 is 9.53 Å². The Kier molecular flexibility index (Phi) is 5.67. The minimum Gasteiger partial charge on any atom is -0.381 e. The second-order valence-electron chi connectivity index (χ2n) is 7.02. The average Bonchev–Trinajstić information content (AvgIpc) is 3.13. The Hall–Kier alpha value is -1.30. The number of nitrogens with zero attached hydrogens (tertiary/aromatic N) is 1. The lowest BCUT2D eigenvalue weighted by atomic mass is 9.73. The van der Waals surface area contributed by atoms with Gasteiger partial charge in [-0.1, -0.05) is 36.4 Å². The maximum absolute atomic E-state index is 13.7. The summed E-state index contributed by atoms with van der Waals surface area (Å²) in [6.45, 7) is 3.03. The van der Waals surface area contributed by atoms with E-state index in [0.717, 1.165) is 43.7 Å². The van der Waals surface area contributed by atoms with Gasteiger partial charge < -0.3 is 9.64 Å². The molecule has 5 heteroatoms. The Labute approximate surface area is 163 Å². The first kappa shape index (κ1) is 18.1. The molecule has 3 nitrogen and oxygen atoms in total. The normalized spacial score (nSPS) is 23.4. The zero-order chi connectivity index (χ0) is 17.8. The molecule has 0 spiro atoms. The van der Waals surface area contributed by atoms with Crippen LogP contribution in [0.5, 0.6) is 0 Å². The van der Waals surface area contributed by atoms with E-state index in [9.17, 15) is 4.79 Å². The monoisotopic (exact) mass is 387 g/mol. The van der Waals surface area contributed by atoms with Gasteiger partial charge in [0.05, 0.1) is 5.41 Å². The number of amides is 1. The lowest BCUT2D eigenvalue weighted by Gasteiger charge is -2.40. The minimum atomic E-state index is -0.410. The Morgan fingerprint density at radius 1 is 1.08 bits per heavy atom. The fraction of sp³-hybridized carbons (Fsp3) is 0.476. The average molecular weight is 388 g/mol. The van der Waals surface area contributed by atoms with Gasteiger partial charge in [-0.3, -0.25) is 4.79 Å². The van der Waals surface area contributed by atoms with Crippen LogP contribution in [0.15, 0.2) is 47.8 Å². The summed E-state index contributed by atoms with van der Waals surface area (Å²) >= 11 is 3.83. The molecule has 3 heterocycles. The summed E-state index contributed by atoms with van der Waals surface area (Å²) in [5.41, 5.74) is 0.743. The highest BCUT2D eigenvalue weighted by molar-refractivity contribution is 7.99. The van der Waals surface area contributed by atoms with Crippen LogP contribution in [0, 0.1) is 0 Å². The molecule has 0 radical (unpaired) electrons. The van der Waals surface area contributed by atoms with E-state index in [2.05, 4.69) is 34.5 Å². The third kappa shape index (κ3) is 3.57. The van der Waals surface area contributed by atoms with Crippen molar-refractivity contribution in [2.24, 2.45) is 0 Å². The smallest absolute Gasteiger partial charge is 0.233 e. The van der Waals surface area contributed by atoms with Crippen molar-refractivity contribution in [1.82, 2.24) is 4.90 Å². The molecule has 1 aromatic heterocycles. The quantitative estimate of drug-likeness (QED) is 0.776. The standard InChI is InChI=1S/C21H25NO2S2/c23-20(21(9-13-24-14-10-21)17-5-2-1-3-6-17)22-11-8-19(26-16-12-22)18-7-4-15-25-18/h1-7,15,19H,8-14,16H2/t19-/m1/s1. The van der Waals surface area contributed by atoms with Crippen LogP contribution in [-0.2, 0) is 14.9 Å². The number of benzene rings is 1. The van der Waals surface area contributed by atoms with Gasteiger partial charge in [0.2, 0.25) is 5.91 Å². The van der Waals surface area contributed by atoms with Gasteiger partial charge in [0.25, 0.3) is 0 Å². The molecule has 138 valence electrons. The van der Waals surface area contributed by atoms with E-state index >= 15 is 0 Å². The highest BCUT2D eigenvalue weighted by atomic mass is 32.2. The van der Waals surface area contributed by atoms with E-state index in [4.69, 9.17) is 4.74 Å². The van der Waals surface area contributed by atoms with Gasteiger partial charge in [0, 0.05) is 42.2 Å². The molecule has 0 saturated carbocycles. The van der Waals surface area contributed by atoms with Crippen molar-refractivity contribution in [3.63, 3.8) is 0 Å². The molecule has 1 amide bonds. The van der Waals surface area contributed by atoms with E-state index in [1.807, 2.05) is 41.3 Å². The van der Waals surface area contributed by atoms with Gasteiger partial charge in [0.15, 0.2) is 0 Å². The Bertz CT molecular complexity index is 711. The lowest BCUT2D eigenvalue weighted by molar-refractivity contribution is -0.141. The molecule has 2 fully saturated rings. The molecule has 1 aromatic carbocycles. The molecule has 0 N–H and O–H groups in total. The Morgan fingerprint density at radius 3 is 2.62 bits per heavy atom. The van der Waals surface area contributed by atoms with Gasteiger partial charge in [0.1, 0.15) is 0 Å². The number of hydrogen-bond donors (Lipinski definition) is 0. The van der Waals surface area contributed by atoms with Crippen LogP contribution in [-0.4, -0.2) is 42.9 Å². The second-order valence-corrected chi connectivity index (χ2v) is 9.31. The number of thiophene rings is 1. The van der Waals surface area contributed by atoms with Crippen molar-refractivity contribution in [1.29, 1.82) is 0 Å². The van der Waals surface area contributed by atoms with Crippen molar-refractivity contribution >= 4 is 29.0 Å². The zero-order valence-electron chi connectivity index (χ0n) is 14.9. The van der Waals surface area contributed by atoms with Crippen LogP contribution in [0.2, 0.25) is 0 Å². The van der Waals surface area contributed by atoms with E-state index in [-0.39, 0.29) is 0 Å². The molecule has 1 atom stereocenters. The zero-order valence-corrected chi connectivity index (χ0v) is 16.6. The second kappa shape index (κ2) is 8.15. The summed E-state index contributed by atoms with van der Waals surface area (Å²) in [6, 6.07) is 14.7. The number of carbonyl (C=O) groups is 1. The van der Waals surface area contributed by atoms with Gasteiger partial charge in [-0.25, -0.2) is 0 Å². The first-order valence-corrected chi connectivity index (χ1v) is 11.3. The van der Waals surface area contributed by atoms with Gasteiger partial charge in [-0.05, 0) is 36.3 Å². The van der Waals surface area contributed by atoms with E-state index in [1.54, 1.807) is 0 Å².